The minimum absolute atomic E-state index is 0.551. The fourth-order valence-corrected chi connectivity index (χ4v) is 25.3. The summed E-state index contributed by atoms with van der Waals surface area (Å²) in [6.07, 6.45) is 0. The molecule has 20 rings (SSSR count). The first-order chi connectivity index (χ1) is 56.5. The van der Waals surface area contributed by atoms with E-state index in [1.165, 1.54) is 29.4 Å². The van der Waals surface area contributed by atoms with E-state index in [-0.39, 0.29) is 0 Å². The van der Waals surface area contributed by atoms with E-state index in [1.807, 2.05) is 0 Å². The molecular weight excluding hydrogens is 1420 g/mol. The number of rotatable bonds is 19. The van der Waals surface area contributed by atoms with Crippen LogP contribution in [0.15, 0.2) is 500 Å². The lowest BCUT2D eigenvalue weighted by Gasteiger charge is -2.44. The van der Waals surface area contributed by atoms with Gasteiger partial charge >= 0.3 is 0 Å². The predicted octanol–water partition coefficient (Wildman–Crippen LogP) is 26.6. The van der Waals surface area contributed by atoms with Crippen LogP contribution in [0.5, 0.6) is 0 Å². The highest BCUT2D eigenvalue weighted by atomic mass is 32.3. The molecule has 4 aromatic heterocycles. The molecule has 0 saturated heterocycles. The van der Waals surface area contributed by atoms with E-state index in [1.54, 1.807) is 0 Å². The lowest BCUT2D eigenvalue weighted by atomic mass is 9.64. The maximum absolute atomic E-state index is 6.16. The van der Waals surface area contributed by atoms with E-state index in [9.17, 15) is 0 Å². The molecule has 20 aromatic rings. The van der Waals surface area contributed by atoms with Crippen LogP contribution in [-0.4, -0.2) is 29.1 Å². The second kappa shape index (κ2) is 29.3. The second-order valence-corrected chi connectivity index (χ2v) is 34.9. The summed E-state index contributed by atoms with van der Waals surface area (Å²) in [5.74, 6) is 1.14. The fourth-order valence-electron chi connectivity index (χ4n) is 17.8. The molecule has 0 saturated carbocycles. The largest absolute Gasteiger partial charge is 0.278 e. The highest BCUT2D eigenvalue weighted by Gasteiger charge is 2.46. The van der Waals surface area contributed by atoms with Crippen molar-refractivity contribution >= 4 is 63.7 Å². The van der Waals surface area contributed by atoms with E-state index in [2.05, 4.69) is 470 Å². The Balaban J connectivity index is 0.834. The molecule has 0 spiro atoms. The molecule has 4 heterocycles. The standard InChI is InChI=1S/C106H76N6S2/c1-13-41-79(42-14-1)105(80-43-15-2-16-44-80,81-45-17-3-18-46-81)99-75-100(106(82-47-19-4-20-48-82,83-49-21-5-22-50-83)84-51-23-6-24-52-84)108-103(107-99)111-95-67-39-37-65-91(95)93-73-77(69-71-97(93)111)78-70-72-98-94(74-78)92-66-38-40-68-96(92)112(98)104-109-101(113(85-53-25-7-26-54-85,86-55-27-8-28-56-86)87-57-29-9-30-58-87)76-102(110-104)114(88-59-31-10-32-60-88,89-61-33-11-34-62-89)90-63-35-12-36-64-90/h1-76H. The second-order valence-electron chi connectivity index (χ2n) is 28.8. The highest BCUT2D eigenvalue weighted by molar-refractivity contribution is 8.34. The van der Waals surface area contributed by atoms with Gasteiger partial charge in [-0.1, -0.05) is 340 Å². The molecule has 0 atom stereocenters. The average Bonchev–Trinajstić information content (AvgIpc) is 0.896. The molecule has 0 radical (unpaired) electrons. The third-order valence-corrected chi connectivity index (χ3v) is 30.2. The molecule has 0 aliphatic rings. The van der Waals surface area contributed by atoms with Crippen LogP contribution in [0, 0.1) is 0 Å². The monoisotopic (exact) mass is 1500 g/mol. The molecule has 16 aromatic carbocycles. The maximum atomic E-state index is 6.16. The van der Waals surface area contributed by atoms with Crippen LogP contribution in [0.4, 0.5) is 0 Å². The summed E-state index contributed by atoms with van der Waals surface area (Å²) < 4.78 is 4.65. The Kier molecular flexibility index (Phi) is 17.8. The zero-order valence-electron chi connectivity index (χ0n) is 62.4. The number of fused-ring (bicyclic) bond motifs is 6. The Labute approximate surface area is 667 Å². The van der Waals surface area contributed by atoms with Gasteiger partial charge in [-0.25, -0.2) is 19.9 Å². The van der Waals surface area contributed by atoms with E-state index in [0.717, 1.165) is 110 Å². The summed E-state index contributed by atoms with van der Waals surface area (Å²) in [6.45, 7) is 0. The summed E-state index contributed by atoms with van der Waals surface area (Å²) in [5.41, 5.74) is 12.3. The number of hydrogen-bond acceptors (Lipinski definition) is 4. The minimum Gasteiger partial charge on any atom is -0.278 e. The summed E-state index contributed by atoms with van der Waals surface area (Å²) >= 11 is 0. The SMILES string of the molecule is c1ccc(C(c2ccccc2)(c2ccccc2)c2cc(C(c3ccccc3)(c3ccccc3)c3ccccc3)nc(-n3c4ccccc4c4cc(-c5ccc6c(c5)c5ccccc5n6-c5nc(S(c6ccccc6)(c6ccccc6)c6ccccc6)cc(S(c6ccccc6)(c6ccccc6)c6ccccc6)n5)ccc43)n2)cc1. The van der Waals surface area contributed by atoms with Gasteiger partial charge in [0.05, 0.1) is 54.3 Å². The van der Waals surface area contributed by atoms with Crippen molar-refractivity contribution in [3.8, 4) is 23.0 Å². The maximum Gasteiger partial charge on any atom is 0.236 e. The molecule has 6 nitrogen and oxygen atoms in total. The Morgan fingerprint density at radius 2 is 0.404 bits per heavy atom. The minimum atomic E-state index is -2.40. The normalized spacial score (nSPS) is 12.3. The number of benzene rings is 16. The van der Waals surface area contributed by atoms with Crippen LogP contribution in [0.3, 0.4) is 0 Å². The van der Waals surface area contributed by atoms with Gasteiger partial charge in [0.15, 0.2) is 0 Å². The van der Waals surface area contributed by atoms with Gasteiger partial charge < -0.3 is 0 Å². The van der Waals surface area contributed by atoms with Gasteiger partial charge in [0.25, 0.3) is 0 Å². The predicted molar refractivity (Wildman–Crippen MR) is 468 cm³/mol. The van der Waals surface area contributed by atoms with Crippen LogP contribution < -0.4 is 0 Å². The smallest absolute Gasteiger partial charge is 0.236 e. The lowest BCUT2D eigenvalue weighted by molar-refractivity contribution is 0.665. The molecule has 114 heavy (non-hydrogen) atoms. The quantitative estimate of drug-likeness (QED) is 0.0598. The van der Waals surface area contributed by atoms with Gasteiger partial charge in [-0.05, 0) is 160 Å². The Morgan fingerprint density at radius 3 is 0.667 bits per heavy atom. The third kappa shape index (κ3) is 11.3. The van der Waals surface area contributed by atoms with E-state index in [0.29, 0.717) is 11.9 Å². The van der Waals surface area contributed by atoms with Crippen molar-refractivity contribution in [2.45, 2.75) is 50.3 Å². The number of para-hydroxylation sites is 2. The van der Waals surface area contributed by atoms with E-state index in [4.69, 9.17) is 19.9 Å². The zero-order valence-corrected chi connectivity index (χ0v) is 64.0. The van der Waals surface area contributed by atoms with E-state index >= 15 is 0 Å². The van der Waals surface area contributed by atoms with Crippen molar-refractivity contribution in [3.63, 3.8) is 0 Å². The molecule has 0 aliphatic carbocycles. The summed E-state index contributed by atoms with van der Waals surface area (Å²) in [4.78, 5) is 31.6. The van der Waals surface area contributed by atoms with Crippen molar-refractivity contribution in [1.82, 2.24) is 29.1 Å². The molecule has 0 fully saturated rings. The van der Waals surface area contributed by atoms with Crippen molar-refractivity contribution in [2.24, 2.45) is 0 Å². The number of hydrogen-bond donors (Lipinski definition) is 0. The van der Waals surface area contributed by atoms with Crippen LogP contribution in [0.1, 0.15) is 44.8 Å². The van der Waals surface area contributed by atoms with Gasteiger partial charge in [-0.15, -0.1) is 20.1 Å². The molecule has 542 valence electrons. The number of nitrogens with zero attached hydrogens (tertiary/aromatic N) is 6. The molecule has 0 aliphatic heterocycles. The van der Waals surface area contributed by atoms with E-state index < -0.39 is 30.9 Å². The van der Waals surface area contributed by atoms with Gasteiger partial charge in [-0.3, -0.25) is 9.13 Å². The summed E-state index contributed by atoms with van der Waals surface area (Å²) in [7, 11) is -4.80. The fraction of sp³-hybridized carbons (Fsp3) is 0.0189. The van der Waals surface area contributed by atoms with Crippen molar-refractivity contribution in [3.05, 3.63) is 506 Å². The highest BCUT2D eigenvalue weighted by Crippen LogP contribution is 2.77. The average molecular weight is 1500 g/mol. The van der Waals surface area contributed by atoms with Crippen LogP contribution in [-0.2, 0) is 10.8 Å². The van der Waals surface area contributed by atoms with Gasteiger partial charge in [0, 0.05) is 57.0 Å². The summed E-state index contributed by atoms with van der Waals surface area (Å²) in [6, 6.07) is 168. The molecule has 8 heteroatoms. The first kappa shape index (κ1) is 69.2. The summed E-state index contributed by atoms with van der Waals surface area (Å²) in [5, 5.41) is 6.18. The van der Waals surface area contributed by atoms with Crippen LogP contribution in [0.2, 0.25) is 0 Å². The molecule has 0 bridgehead atoms. The Bertz CT molecular complexity index is 5710. The van der Waals surface area contributed by atoms with Gasteiger partial charge in [-0.2, -0.15) is 0 Å². The molecule has 0 amide bonds. The molecular formula is C106H76N6S2. The van der Waals surface area contributed by atoms with Gasteiger partial charge in [0.2, 0.25) is 11.9 Å². The Hall–Kier alpha value is -14.0. The first-order valence-corrected chi connectivity index (χ1v) is 42.0. The van der Waals surface area contributed by atoms with Gasteiger partial charge in [0.1, 0.15) is 0 Å². The third-order valence-electron chi connectivity index (χ3n) is 22.7. The lowest BCUT2D eigenvalue weighted by Crippen LogP contribution is -2.36. The topological polar surface area (TPSA) is 61.4 Å². The Morgan fingerprint density at radius 1 is 0.184 bits per heavy atom. The van der Waals surface area contributed by atoms with Crippen molar-refractivity contribution < 1.29 is 0 Å². The van der Waals surface area contributed by atoms with Crippen molar-refractivity contribution in [1.29, 1.82) is 0 Å². The zero-order chi connectivity index (χ0) is 75.9. The van der Waals surface area contributed by atoms with Crippen molar-refractivity contribution in [2.75, 3.05) is 0 Å². The number of aromatic nitrogens is 6. The first-order valence-electron chi connectivity index (χ1n) is 38.7. The van der Waals surface area contributed by atoms with Crippen LogP contribution in [0.25, 0.3) is 66.6 Å². The molecule has 0 unspecified atom stereocenters. The van der Waals surface area contributed by atoms with Crippen LogP contribution >= 0.6 is 20.1 Å². The molecule has 0 N–H and O–H groups in total.